The summed E-state index contributed by atoms with van der Waals surface area (Å²) in [6, 6.07) is 0. The van der Waals surface area contributed by atoms with E-state index >= 15 is 0 Å². The van der Waals surface area contributed by atoms with Crippen LogP contribution in [0.15, 0.2) is 0 Å². The van der Waals surface area contributed by atoms with Gasteiger partial charge in [0.25, 0.3) is 0 Å². The van der Waals surface area contributed by atoms with Gasteiger partial charge in [-0.2, -0.15) is 0 Å². The largest absolute Gasteiger partial charge is 0.393 e. The minimum atomic E-state index is -1.13. The molecule has 0 amide bonds. The highest BCUT2D eigenvalue weighted by molar-refractivity contribution is 4.76. The number of hydrogen-bond donors (Lipinski definition) is 2. The molecule has 0 aromatic heterocycles. The van der Waals surface area contributed by atoms with Crippen molar-refractivity contribution in [2.45, 2.75) is 44.7 Å². The Morgan fingerprint density at radius 2 is 2.20 bits per heavy atom. The Morgan fingerprint density at radius 3 is 2.60 bits per heavy atom. The van der Waals surface area contributed by atoms with E-state index < -0.39 is 11.9 Å². The lowest BCUT2D eigenvalue weighted by atomic mass is 10.0. The average molecular weight is 146 g/mol. The van der Waals surface area contributed by atoms with Crippen molar-refractivity contribution >= 4 is 0 Å². The summed E-state index contributed by atoms with van der Waals surface area (Å²) in [5.41, 5.74) is 0. The van der Waals surface area contributed by atoms with E-state index in [4.69, 9.17) is 4.74 Å². The average Bonchev–Trinajstić information content (AvgIpc) is 1.54. The second-order valence-electron chi connectivity index (χ2n) is 3.20. The third kappa shape index (κ3) is 1.94. The lowest BCUT2D eigenvalue weighted by molar-refractivity contribution is -0.256. The summed E-state index contributed by atoms with van der Waals surface area (Å²) in [6.07, 6.45) is 0.477. The second-order valence-corrected chi connectivity index (χ2v) is 3.20. The molecule has 1 rings (SSSR count). The van der Waals surface area contributed by atoms with Crippen LogP contribution in [0.3, 0.4) is 0 Å². The SMILES string of the molecule is CC1C[C@H](O)C[C@](C)(O)O1. The molecule has 1 heterocycles. The Labute approximate surface area is 60.6 Å². The molecule has 60 valence electrons. The zero-order valence-electron chi connectivity index (χ0n) is 6.37. The van der Waals surface area contributed by atoms with Gasteiger partial charge < -0.3 is 14.9 Å². The lowest BCUT2D eigenvalue weighted by Crippen LogP contribution is -2.42. The fraction of sp³-hybridized carbons (Fsp3) is 1.00. The molecule has 0 aromatic rings. The van der Waals surface area contributed by atoms with Crippen molar-refractivity contribution < 1.29 is 14.9 Å². The molecule has 1 fully saturated rings. The molecule has 3 nitrogen and oxygen atoms in total. The Morgan fingerprint density at radius 1 is 1.60 bits per heavy atom. The molecule has 3 atom stereocenters. The highest BCUT2D eigenvalue weighted by Crippen LogP contribution is 2.25. The number of ether oxygens (including phenoxy) is 1. The van der Waals surface area contributed by atoms with Gasteiger partial charge >= 0.3 is 0 Å². The molecule has 1 aliphatic rings. The summed E-state index contributed by atoms with van der Waals surface area (Å²) >= 11 is 0. The third-order valence-electron chi connectivity index (χ3n) is 1.67. The van der Waals surface area contributed by atoms with Gasteiger partial charge in [-0.15, -0.1) is 0 Å². The van der Waals surface area contributed by atoms with E-state index in [0.29, 0.717) is 12.8 Å². The van der Waals surface area contributed by atoms with Crippen LogP contribution in [0.4, 0.5) is 0 Å². The standard InChI is InChI=1S/C7H14O3/c1-5-3-6(8)4-7(2,9)10-5/h5-6,8-9H,3-4H2,1-2H3/t5?,6-,7+/m0/s1. The van der Waals surface area contributed by atoms with E-state index in [9.17, 15) is 10.2 Å². The van der Waals surface area contributed by atoms with E-state index in [1.807, 2.05) is 6.92 Å². The number of aliphatic hydroxyl groups is 2. The molecular formula is C7H14O3. The fourth-order valence-electron chi connectivity index (χ4n) is 1.43. The van der Waals surface area contributed by atoms with E-state index in [-0.39, 0.29) is 6.10 Å². The van der Waals surface area contributed by atoms with Crippen LogP contribution in [0.1, 0.15) is 26.7 Å². The van der Waals surface area contributed by atoms with Gasteiger partial charge in [0.2, 0.25) is 0 Å². The predicted octanol–water partition coefficient (Wildman–Crippen LogP) is 0.255. The first kappa shape index (κ1) is 7.98. The summed E-state index contributed by atoms with van der Waals surface area (Å²) in [5, 5.41) is 18.5. The zero-order valence-corrected chi connectivity index (χ0v) is 6.37. The maximum absolute atomic E-state index is 9.33. The zero-order chi connectivity index (χ0) is 7.78. The van der Waals surface area contributed by atoms with Gasteiger partial charge in [-0.1, -0.05) is 0 Å². The summed E-state index contributed by atoms with van der Waals surface area (Å²) in [5.74, 6) is -1.13. The van der Waals surface area contributed by atoms with Gasteiger partial charge in [0.15, 0.2) is 5.79 Å². The summed E-state index contributed by atoms with van der Waals surface area (Å²) in [7, 11) is 0. The molecule has 0 spiro atoms. The highest BCUT2D eigenvalue weighted by atomic mass is 16.6. The maximum Gasteiger partial charge on any atom is 0.165 e. The molecule has 1 unspecified atom stereocenters. The molecule has 10 heavy (non-hydrogen) atoms. The predicted molar refractivity (Wildman–Crippen MR) is 36.4 cm³/mol. The van der Waals surface area contributed by atoms with Crippen LogP contribution in [0.2, 0.25) is 0 Å². The molecule has 3 heteroatoms. The van der Waals surface area contributed by atoms with Crippen molar-refractivity contribution in [3.05, 3.63) is 0 Å². The summed E-state index contributed by atoms with van der Waals surface area (Å²) in [6.45, 7) is 3.42. The van der Waals surface area contributed by atoms with E-state index in [0.717, 1.165) is 0 Å². The molecule has 1 saturated heterocycles. The smallest absolute Gasteiger partial charge is 0.165 e. The van der Waals surface area contributed by atoms with Crippen LogP contribution in [0, 0.1) is 0 Å². The Kier molecular flexibility index (Phi) is 1.99. The molecule has 0 radical (unpaired) electrons. The molecule has 0 bridgehead atoms. The van der Waals surface area contributed by atoms with E-state index in [1.165, 1.54) is 0 Å². The number of hydrogen-bond acceptors (Lipinski definition) is 3. The van der Waals surface area contributed by atoms with Gasteiger partial charge in [0, 0.05) is 6.42 Å². The second kappa shape index (κ2) is 2.49. The van der Waals surface area contributed by atoms with Crippen molar-refractivity contribution in [2.24, 2.45) is 0 Å². The third-order valence-corrected chi connectivity index (χ3v) is 1.67. The van der Waals surface area contributed by atoms with Crippen LogP contribution in [0.25, 0.3) is 0 Å². The minimum absolute atomic E-state index is 0.0428. The van der Waals surface area contributed by atoms with Crippen LogP contribution < -0.4 is 0 Å². The van der Waals surface area contributed by atoms with Crippen molar-refractivity contribution in [3.63, 3.8) is 0 Å². The van der Waals surface area contributed by atoms with Crippen molar-refractivity contribution in [3.8, 4) is 0 Å². The van der Waals surface area contributed by atoms with Crippen molar-refractivity contribution in [2.75, 3.05) is 0 Å². The van der Waals surface area contributed by atoms with Crippen molar-refractivity contribution in [1.82, 2.24) is 0 Å². The Balaban J connectivity index is 2.51. The molecule has 0 saturated carbocycles. The van der Waals surface area contributed by atoms with Gasteiger partial charge in [0.1, 0.15) is 0 Å². The molecule has 1 aliphatic heterocycles. The van der Waals surface area contributed by atoms with Gasteiger partial charge in [-0.3, -0.25) is 0 Å². The van der Waals surface area contributed by atoms with E-state index in [2.05, 4.69) is 0 Å². The van der Waals surface area contributed by atoms with Crippen molar-refractivity contribution in [1.29, 1.82) is 0 Å². The summed E-state index contributed by atoms with van der Waals surface area (Å²) < 4.78 is 5.14. The van der Waals surface area contributed by atoms with E-state index in [1.54, 1.807) is 6.92 Å². The molecule has 2 N–H and O–H groups in total. The van der Waals surface area contributed by atoms with Crippen LogP contribution >= 0.6 is 0 Å². The van der Waals surface area contributed by atoms with Crippen LogP contribution in [0.5, 0.6) is 0 Å². The van der Waals surface area contributed by atoms with Crippen LogP contribution in [-0.4, -0.2) is 28.2 Å². The Bertz CT molecular complexity index is 110. The molecular weight excluding hydrogens is 132 g/mol. The maximum atomic E-state index is 9.33. The lowest BCUT2D eigenvalue weighted by Gasteiger charge is -2.35. The highest BCUT2D eigenvalue weighted by Gasteiger charge is 2.33. The topological polar surface area (TPSA) is 49.7 Å². The Hall–Kier alpha value is -0.120. The fourth-order valence-corrected chi connectivity index (χ4v) is 1.43. The molecule has 0 aliphatic carbocycles. The normalized spacial score (nSPS) is 49.2. The monoisotopic (exact) mass is 146 g/mol. The van der Waals surface area contributed by atoms with Gasteiger partial charge in [-0.25, -0.2) is 0 Å². The first-order chi connectivity index (χ1) is 4.49. The minimum Gasteiger partial charge on any atom is -0.393 e. The van der Waals surface area contributed by atoms with Crippen LogP contribution in [-0.2, 0) is 4.74 Å². The first-order valence-corrected chi connectivity index (χ1v) is 3.58. The first-order valence-electron chi connectivity index (χ1n) is 3.58. The number of rotatable bonds is 0. The summed E-state index contributed by atoms with van der Waals surface area (Å²) in [4.78, 5) is 0. The quantitative estimate of drug-likeness (QED) is 0.515. The molecule has 0 aromatic carbocycles. The van der Waals surface area contributed by atoms with Gasteiger partial charge in [0.05, 0.1) is 12.2 Å². The number of aliphatic hydroxyl groups excluding tert-OH is 1. The van der Waals surface area contributed by atoms with Gasteiger partial charge in [-0.05, 0) is 20.3 Å².